The first-order valence-electron chi connectivity index (χ1n) is 9.35. The quantitative estimate of drug-likeness (QED) is 0.600. The van der Waals surface area contributed by atoms with Crippen molar-refractivity contribution >= 4 is 32.8 Å². The van der Waals surface area contributed by atoms with Crippen LogP contribution in [0.15, 0.2) is 47.4 Å². The van der Waals surface area contributed by atoms with E-state index >= 15 is 0 Å². The molecule has 0 unspecified atom stereocenters. The Hall–Kier alpha value is -2.08. The van der Waals surface area contributed by atoms with Gasteiger partial charge in [-0.05, 0) is 42.8 Å². The van der Waals surface area contributed by atoms with Crippen LogP contribution < -0.4 is 0 Å². The summed E-state index contributed by atoms with van der Waals surface area (Å²) in [5.74, 6) is 0. The molecule has 4 rings (SSSR count). The van der Waals surface area contributed by atoms with Crippen molar-refractivity contribution in [1.82, 2.24) is 18.0 Å². The van der Waals surface area contributed by atoms with Crippen LogP contribution in [0.2, 0.25) is 0 Å². The maximum atomic E-state index is 13.2. The molecule has 0 radical (unpaired) electrons. The zero-order chi connectivity index (χ0) is 21.4. The van der Waals surface area contributed by atoms with Gasteiger partial charge in [-0.2, -0.15) is 26.2 Å². The van der Waals surface area contributed by atoms with E-state index in [0.29, 0.717) is 50.2 Å². The van der Waals surface area contributed by atoms with E-state index in [-0.39, 0.29) is 4.90 Å². The fraction of sp³-hybridized carbons (Fsp3) is 0.368. The first-order valence-corrected chi connectivity index (χ1v) is 11.5. The first-order chi connectivity index (χ1) is 14.2. The van der Waals surface area contributed by atoms with Gasteiger partial charge in [0.2, 0.25) is 10.0 Å². The van der Waals surface area contributed by atoms with Gasteiger partial charge in [-0.15, -0.1) is 0 Å². The molecule has 160 valence electrons. The monoisotopic (exact) mass is 456 g/mol. The molecule has 3 aromatic rings. The average Bonchev–Trinajstić information content (AvgIpc) is 3.06. The molecule has 2 heterocycles. The van der Waals surface area contributed by atoms with E-state index in [9.17, 15) is 21.6 Å². The predicted octanol–water partition coefficient (Wildman–Crippen LogP) is 3.61. The third-order valence-corrected chi connectivity index (χ3v) is 7.57. The van der Waals surface area contributed by atoms with Gasteiger partial charge in [-0.25, -0.2) is 8.42 Å². The van der Waals surface area contributed by atoms with Crippen molar-refractivity contribution in [2.45, 2.75) is 24.0 Å². The van der Waals surface area contributed by atoms with Crippen LogP contribution in [-0.2, 0) is 22.7 Å². The van der Waals surface area contributed by atoms with Crippen molar-refractivity contribution in [2.24, 2.45) is 0 Å². The fourth-order valence-corrected chi connectivity index (χ4v) is 5.75. The molecule has 0 bridgehead atoms. The normalized spacial score (nSPS) is 17.3. The number of nitrogens with zero attached hydrogens (tertiary/aromatic N) is 4. The van der Waals surface area contributed by atoms with Gasteiger partial charge in [0.05, 0.1) is 17.3 Å². The Morgan fingerprint density at radius 3 is 2.47 bits per heavy atom. The lowest BCUT2D eigenvalue weighted by Gasteiger charge is -2.22. The molecule has 0 atom stereocenters. The number of aromatic nitrogens is 2. The van der Waals surface area contributed by atoms with E-state index in [1.165, 1.54) is 16.4 Å². The SMILES string of the molecule is O=S(=O)(c1cccc2nsnc12)N1CCCN(Cc2ccc(C(F)(F)F)cc2)CC1. The molecule has 6 nitrogen and oxygen atoms in total. The van der Waals surface area contributed by atoms with Crippen LogP contribution in [0.4, 0.5) is 13.2 Å². The molecular weight excluding hydrogens is 437 g/mol. The van der Waals surface area contributed by atoms with Crippen molar-refractivity contribution in [3.05, 3.63) is 53.6 Å². The summed E-state index contributed by atoms with van der Waals surface area (Å²) in [5, 5.41) is 0. The number of benzene rings is 2. The second-order valence-corrected chi connectivity index (χ2v) is 9.55. The number of hydrogen-bond acceptors (Lipinski definition) is 6. The number of rotatable bonds is 4. The van der Waals surface area contributed by atoms with Crippen LogP contribution in [0, 0.1) is 0 Å². The van der Waals surface area contributed by atoms with Crippen LogP contribution >= 0.6 is 11.7 Å². The number of alkyl halides is 3. The highest BCUT2D eigenvalue weighted by molar-refractivity contribution is 7.89. The molecule has 0 N–H and O–H groups in total. The summed E-state index contributed by atoms with van der Waals surface area (Å²) in [5.41, 5.74) is 1.02. The Morgan fingerprint density at radius 1 is 0.967 bits per heavy atom. The second kappa shape index (κ2) is 8.22. The summed E-state index contributed by atoms with van der Waals surface area (Å²) in [6, 6.07) is 10.0. The highest BCUT2D eigenvalue weighted by Crippen LogP contribution is 2.29. The van der Waals surface area contributed by atoms with Gasteiger partial charge in [0.25, 0.3) is 0 Å². The summed E-state index contributed by atoms with van der Waals surface area (Å²) < 4.78 is 74.2. The van der Waals surface area contributed by atoms with Crippen LogP contribution in [0.5, 0.6) is 0 Å². The van der Waals surface area contributed by atoms with Crippen molar-refractivity contribution in [3.8, 4) is 0 Å². The number of hydrogen-bond donors (Lipinski definition) is 0. The third-order valence-electron chi connectivity index (χ3n) is 5.10. The molecule has 1 aromatic heterocycles. The predicted molar refractivity (Wildman–Crippen MR) is 108 cm³/mol. The highest BCUT2D eigenvalue weighted by atomic mass is 32.2. The van der Waals surface area contributed by atoms with Gasteiger partial charge in [0, 0.05) is 26.2 Å². The molecule has 0 amide bonds. The Labute approximate surface area is 176 Å². The van der Waals surface area contributed by atoms with Crippen LogP contribution in [0.3, 0.4) is 0 Å². The summed E-state index contributed by atoms with van der Waals surface area (Å²) in [6.07, 6.45) is -3.73. The van der Waals surface area contributed by atoms with Crippen LogP contribution in [0.25, 0.3) is 11.0 Å². The third kappa shape index (κ3) is 4.34. The molecule has 11 heteroatoms. The topological polar surface area (TPSA) is 66.4 Å². The van der Waals surface area contributed by atoms with Crippen LogP contribution in [0.1, 0.15) is 17.5 Å². The van der Waals surface area contributed by atoms with E-state index < -0.39 is 21.8 Å². The van der Waals surface area contributed by atoms with Gasteiger partial charge < -0.3 is 0 Å². The van der Waals surface area contributed by atoms with Crippen molar-refractivity contribution in [1.29, 1.82) is 0 Å². The highest BCUT2D eigenvalue weighted by Gasteiger charge is 2.31. The van der Waals surface area contributed by atoms with Gasteiger partial charge in [0.15, 0.2) is 0 Å². The minimum absolute atomic E-state index is 0.157. The van der Waals surface area contributed by atoms with E-state index in [1.807, 2.05) is 0 Å². The Bertz CT molecular complexity index is 1130. The van der Waals surface area contributed by atoms with Gasteiger partial charge >= 0.3 is 6.18 Å². The van der Waals surface area contributed by atoms with Gasteiger partial charge in [0.1, 0.15) is 15.9 Å². The van der Waals surface area contributed by atoms with Crippen molar-refractivity contribution in [2.75, 3.05) is 26.2 Å². The molecule has 0 spiro atoms. The van der Waals surface area contributed by atoms with Gasteiger partial charge in [-0.1, -0.05) is 18.2 Å². The lowest BCUT2D eigenvalue weighted by molar-refractivity contribution is -0.137. The molecule has 1 aliphatic rings. The largest absolute Gasteiger partial charge is 0.416 e. The molecule has 1 aliphatic heterocycles. The lowest BCUT2D eigenvalue weighted by Crippen LogP contribution is -2.35. The molecule has 2 aromatic carbocycles. The maximum Gasteiger partial charge on any atom is 0.416 e. The summed E-state index contributed by atoms with van der Waals surface area (Å²) >= 11 is 0.976. The summed E-state index contributed by atoms with van der Waals surface area (Å²) in [6.45, 7) is 2.30. The first kappa shape index (κ1) is 21.2. The average molecular weight is 457 g/mol. The Morgan fingerprint density at radius 2 is 1.73 bits per heavy atom. The number of halogens is 3. The number of sulfonamides is 1. The minimum Gasteiger partial charge on any atom is -0.298 e. The molecule has 0 saturated carbocycles. The van der Waals surface area contributed by atoms with E-state index in [0.717, 1.165) is 29.4 Å². The number of fused-ring (bicyclic) bond motifs is 1. The fourth-order valence-electron chi connectivity index (χ4n) is 3.53. The standard InChI is InChI=1S/C19H19F3N4O2S2/c20-19(21,22)15-7-5-14(6-8-15)13-25-9-2-10-26(12-11-25)30(27,28)17-4-1-3-16-18(17)24-29-23-16/h1,3-8H,2,9-13H2. The van der Waals surface area contributed by atoms with Crippen molar-refractivity contribution in [3.63, 3.8) is 0 Å². The van der Waals surface area contributed by atoms with Crippen molar-refractivity contribution < 1.29 is 21.6 Å². The Balaban J connectivity index is 1.46. The Kier molecular flexibility index (Phi) is 5.80. The summed E-state index contributed by atoms with van der Waals surface area (Å²) in [4.78, 5) is 2.22. The smallest absolute Gasteiger partial charge is 0.298 e. The second-order valence-electron chi connectivity index (χ2n) is 7.12. The summed E-state index contributed by atoms with van der Waals surface area (Å²) in [7, 11) is -3.71. The lowest BCUT2D eigenvalue weighted by atomic mass is 10.1. The molecule has 1 saturated heterocycles. The van der Waals surface area contributed by atoms with E-state index in [1.54, 1.807) is 18.2 Å². The molecule has 1 fully saturated rings. The van der Waals surface area contributed by atoms with E-state index in [2.05, 4.69) is 13.6 Å². The maximum absolute atomic E-state index is 13.2. The van der Waals surface area contributed by atoms with Gasteiger partial charge in [-0.3, -0.25) is 4.90 Å². The minimum atomic E-state index is -4.36. The van der Waals surface area contributed by atoms with E-state index in [4.69, 9.17) is 0 Å². The van der Waals surface area contributed by atoms with Crippen LogP contribution in [-0.4, -0.2) is 52.5 Å². The molecule has 0 aliphatic carbocycles. The zero-order valence-electron chi connectivity index (χ0n) is 15.8. The molecular formula is C19H19F3N4O2S2. The molecule has 30 heavy (non-hydrogen) atoms. The zero-order valence-corrected chi connectivity index (χ0v) is 17.5.